The average molecular weight is 424 g/mol. The third kappa shape index (κ3) is 5.98. The van der Waals surface area contributed by atoms with Gasteiger partial charge in [0.1, 0.15) is 0 Å². The monoisotopic (exact) mass is 423 g/mol. The molecule has 0 fully saturated rings. The van der Waals surface area contributed by atoms with E-state index < -0.39 is 30.8 Å². The molecule has 2 unspecified atom stereocenters. The van der Waals surface area contributed by atoms with Gasteiger partial charge in [0, 0.05) is 28.2 Å². The van der Waals surface area contributed by atoms with Crippen LogP contribution in [-0.2, 0) is 11.2 Å². The molecule has 0 amide bonds. The SMILES string of the molecule is O=C(O)COc1cc(CC(c2ccc(Cl)cc2Cl)C(O)C(F)(F)F)ccn1. The topological polar surface area (TPSA) is 79.7 Å². The van der Waals surface area contributed by atoms with E-state index in [0.29, 0.717) is 5.56 Å². The summed E-state index contributed by atoms with van der Waals surface area (Å²) in [6, 6.07) is 6.75. The highest BCUT2D eigenvalue weighted by molar-refractivity contribution is 6.35. The number of aliphatic hydroxyl groups is 1. The molecule has 10 heteroatoms. The van der Waals surface area contributed by atoms with E-state index in [9.17, 15) is 23.1 Å². The molecule has 27 heavy (non-hydrogen) atoms. The van der Waals surface area contributed by atoms with Crippen molar-refractivity contribution in [3.63, 3.8) is 0 Å². The lowest BCUT2D eigenvalue weighted by Crippen LogP contribution is -2.35. The molecular formula is C17H14Cl2F3NO4. The minimum Gasteiger partial charge on any atom is -0.479 e. The normalized spacial score (nSPS) is 13.9. The van der Waals surface area contributed by atoms with E-state index >= 15 is 0 Å². The summed E-state index contributed by atoms with van der Waals surface area (Å²) in [5.74, 6) is -2.69. The Kier molecular flexibility index (Phi) is 6.91. The molecule has 1 aromatic heterocycles. The molecular weight excluding hydrogens is 410 g/mol. The Bertz CT molecular complexity index is 817. The molecule has 0 aliphatic rings. The highest BCUT2D eigenvalue weighted by atomic mass is 35.5. The second-order valence-electron chi connectivity index (χ2n) is 5.65. The minimum absolute atomic E-state index is 0.00722. The zero-order valence-electron chi connectivity index (χ0n) is 13.6. The Hall–Kier alpha value is -2.03. The van der Waals surface area contributed by atoms with E-state index in [4.69, 9.17) is 33.0 Å². The number of carboxylic acids is 1. The van der Waals surface area contributed by atoms with E-state index in [1.165, 1.54) is 36.5 Å². The molecule has 1 aromatic carbocycles. The zero-order valence-corrected chi connectivity index (χ0v) is 15.1. The lowest BCUT2D eigenvalue weighted by atomic mass is 9.87. The number of nitrogens with zero attached hydrogens (tertiary/aromatic N) is 1. The van der Waals surface area contributed by atoms with Gasteiger partial charge in [-0.05, 0) is 35.7 Å². The summed E-state index contributed by atoms with van der Waals surface area (Å²) < 4.78 is 44.4. The van der Waals surface area contributed by atoms with E-state index in [1.807, 2.05) is 0 Å². The Morgan fingerprint density at radius 2 is 1.93 bits per heavy atom. The Morgan fingerprint density at radius 3 is 2.52 bits per heavy atom. The number of pyridine rings is 1. The molecule has 2 N–H and O–H groups in total. The number of halogens is 5. The van der Waals surface area contributed by atoms with Crippen molar-refractivity contribution in [2.45, 2.75) is 24.6 Å². The molecule has 0 saturated heterocycles. The second-order valence-corrected chi connectivity index (χ2v) is 6.49. The maximum atomic E-state index is 13.2. The summed E-state index contributed by atoms with van der Waals surface area (Å²) in [6.07, 6.45) is -6.52. The molecule has 0 aliphatic carbocycles. The number of benzene rings is 1. The largest absolute Gasteiger partial charge is 0.479 e. The predicted molar refractivity (Wildman–Crippen MR) is 92.3 cm³/mol. The zero-order chi connectivity index (χ0) is 20.2. The van der Waals surface area contributed by atoms with Gasteiger partial charge in [-0.15, -0.1) is 0 Å². The molecule has 0 bridgehead atoms. The molecule has 5 nitrogen and oxygen atoms in total. The first kappa shape index (κ1) is 21.3. The van der Waals surface area contributed by atoms with Gasteiger partial charge in [-0.25, -0.2) is 9.78 Å². The number of hydrogen-bond donors (Lipinski definition) is 2. The van der Waals surface area contributed by atoms with Gasteiger partial charge in [-0.2, -0.15) is 13.2 Å². The fourth-order valence-corrected chi connectivity index (χ4v) is 3.02. The Morgan fingerprint density at radius 1 is 1.22 bits per heavy atom. The van der Waals surface area contributed by atoms with Crippen LogP contribution >= 0.6 is 23.2 Å². The van der Waals surface area contributed by atoms with Crippen molar-refractivity contribution in [2.75, 3.05) is 6.61 Å². The second kappa shape index (κ2) is 8.77. The molecule has 0 aliphatic heterocycles. The van der Waals surface area contributed by atoms with Crippen LogP contribution in [0.2, 0.25) is 10.0 Å². The average Bonchev–Trinajstić information content (AvgIpc) is 2.57. The summed E-state index contributed by atoms with van der Waals surface area (Å²) in [5, 5.41) is 18.7. The molecule has 1 heterocycles. The van der Waals surface area contributed by atoms with E-state index in [2.05, 4.69) is 4.98 Å². The number of carbonyl (C=O) groups is 1. The van der Waals surface area contributed by atoms with Crippen molar-refractivity contribution < 1.29 is 32.9 Å². The standard InChI is InChI=1S/C17H14Cl2F3NO4/c18-10-1-2-11(13(19)7-10)12(16(26)17(20,21)22)5-9-3-4-23-14(6-9)27-8-15(24)25/h1-4,6-7,12,16,26H,5,8H2,(H,24,25). The Balaban J connectivity index is 2.35. The van der Waals surface area contributed by atoms with Crippen LogP contribution in [0.25, 0.3) is 0 Å². The first-order chi connectivity index (χ1) is 12.6. The molecule has 146 valence electrons. The minimum atomic E-state index is -4.87. The maximum Gasteiger partial charge on any atom is 0.414 e. The number of aliphatic hydroxyl groups excluding tert-OH is 1. The van der Waals surface area contributed by atoms with Crippen LogP contribution in [0.4, 0.5) is 13.2 Å². The maximum absolute atomic E-state index is 13.2. The first-order valence-corrected chi connectivity index (χ1v) is 8.32. The van der Waals surface area contributed by atoms with Crippen LogP contribution < -0.4 is 4.74 Å². The quantitative estimate of drug-likeness (QED) is 0.700. The third-order valence-electron chi connectivity index (χ3n) is 3.68. The number of hydrogen-bond acceptors (Lipinski definition) is 4. The van der Waals surface area contributed by atoms with Gasteiger partial charge in [0.2, 0.25) is 5.88 Å². The van der Waals surface area contributed by atoms with Crippen molar-refractivity contribution in [3.8, 4) is 5.88 Å². The van der Waals surface area contributed by atoms with Gasteiger partial charge < -0.3 is 14.9 Å². The van der Waals surface area contributed by atoms with Crippen LogP contribution in [0.5, 0.6) is 5.88 Å². The molecule has 2 atom stereocenters. The summed E-state index contributed by atoms with van der Waals surface area (Å²) in [6.45, 7) is -0.645. The fourth-order valence-electron chi connectivity index (χ4n) is 2.47. The van der Waals surface area contributed by atoms with Crippen molar-refractivity contribution in [1.29, 1.82) is 0 Å². The smallest absolute Gasteiger partial charge is 0.414 e. The Labute approximate surface area is 162 Å². The molecule has 0 saturated carbocycles. The third-order valence-corrected chi connectivity index (χ3v) is 4.24. The van der Waals surface area contributed by atoms with Gasteiger partial charge in [-0.3, -0.25) is 0 Å². The molecule has 0 radical (unpaired) electrons. The number of carboxylic acid groups (broad SMARTS) is 1. The lowest BCUT2D eigenvalue weighted by molar-refractivity contribution is -0.210. The van der Waals surface area contributed by atoms with Gasteiger partial charge >= 0.3 is 12.1 Å². The summed E-state index contributed by atoms with van der Waals surface area (Å²) in [5.41, 5.74) is 0.431. The summed E-state index contributed by atoms with van der Waals surface area (Å²) in [4.78, 5) is 14.3. The van der Waals surface area contributed by atoms with Crippen LogP contribution in [0.3, 0.4) is 0 Å². The van der Waals surface area contributed by atoms with Crippen molar-refractivity contribution in [3.05, 3.63) is 57.7 Å². The molecule has 2 aromatic rings. The van der Waals surface area contributed by atoms with Crippen molar-refractivity contribution in [1.82, 2.24) is 4.98 Å². The number of aliphatic carboxylic acids is 1. The number of aromatic nitrogens is 1. The van der Waals surface area contributed by atoms with Gasteiger partial charge in [0.25, 0.3) is 0 Å². The summed E-state index contributed by atoms with van der Waals surface area (Å²) >= 11 is 11.8. The predicted octanol–water partition coefficient (Wildman–Crippen LogP) is 4.10. The number of rotatable bonds is 7. The van der Waals surface area contributed by atoms with Crippen molar-refractivity contribution >= 4 is 29.2 Å². The molecule has 0 spiro atoms. The first-order valence-electron chi connectivity index (χ1n) is 7.57. The molecule has 2 rings (SSSR count). The fraction of sp³-hybridized carbons (Fsp3) is 0.294. The van der Waals surface area contributed by atoms with Gasteiger partial charge in [-0.1, -0.05) is 29.3 Å². The van der Waals surface area contributed by atoms with Crippen LogP contribution in [0.15, 0.2) is 36.5 Å². The lowest BCUT2D eigenvalue weighted by Gasteiger charge is -2.26. The van der Waals surface area contributed by atoms with Gasteiger partial charge in [0.15, 0.2) is 12.7 Å². The van der Waals surface area contributed by atoms with Crippen LogP contribution in [-0.4, -0.2) is 40.1 Å². The highest BCUT2D eigenvalue weighted by Crippen LogP contribution is 2.38. The van der Waals surface area contributed by atoms with Gasteiger partial charge in [0.05, 0.1) is 0 Å². The highest BCUT2D eigenvalue weighted by Gasteiger charge is 2.44. The van der Waals surface area contributed by atoms with E-state index in [-0.39, 0.29) is 27.9 Å². The van der Waals surface area contributed by atoms with E-state index in [0.717, 1.165) is 0 Å². The van der Waals surface area contributed by atoms with Crippen molar-refractivity contribution in [2.24, 2.45) is 0 Å². The number of ether oxygens (including phenoxy) is 1. The van der Waals surface area contributed by atoms with E-state index in [1.54, 1.807) is 0 Å². The number of alkyl halides is 3. The summed E-state index contributed by atoms with van der Waals surface area (Å²) in [7, 11) is 0. The van der Waals surface area contributed by atoms with Crippen LogP contribution in [0.1, 0.15) is 17.0 Å². The van der Waals surface area contributed by atoms with Crippen LogP contribution in [0, 0.1) is 0 Å².